The molecule has 0 aliphatic carbocycles. The lowest BCUT2D eigenvalue weighted by Gasteiger charge is -2.09. The second-order valence-corrected chi connectivity index (χ2v) is 5.59. The lowest BCUT2D eigenvalue weighted by Crippen LogP contribution is -2.13. The van der Waals surface area contributed by atoms with E-state index >= 15 is 0 Å². The van der Waals surface area contributed by atoms with Crippen LogP contribution in [-0.4, -0.2) is 5.91 Å². The highest BCUT2D eigenvalue weighted by molar-refractivity contribution is 9.10. The molecule has 19 heavy (non-hydrogen) atoms. The summed E-state index contributed by atoms with van der Waals surface area (Å²) in [6.07, 6.45) is 0. The molecule has 0 aliphatic heterocycles. The van der Waals surface area contributed by atoms with E-state index in [2.05, 4.69) is 21.2 Å². The lowest BCUT2D eigenvalue weighted by molar-refractivity contribution is 0.102. The summed E-state index contributed by atoms with van der Waals surface area (Å²) in [5.41, 5.74) is 4.72. The topological polar surface area (TPSA) is 29.1 Å². The van der Waals surface area contributed by atoms with E-state index in [4.69, 9.17) is 0 Å². The van der Waals surface area contributed by atoms with E-state index in [0.29, 0.717) is 0 Å². The molecule has 0 bridgehead atoms. The fourth-order valence-corrected chi connectivity index (χ4v) is 2.23. The molecule has 98 valence electrons. The summed E-state index contributed by atoms with van der Waals surface area (Å²) < 4.78 is 0.992. The van der Waals surface area contributed by atoms with Crippen LogP contribution in [-0.2, 0) is 0 Å². The van der Waals surface area contributed by atoms with Crippen LogP contribution in [0.5, 0.6) is 0 Å². The summed E-state index contributed by atoms with van der Waals surface area (Å²) >= 11 is 3.47. The smallest absolute Gasteiger partial charge is 0.255 e. The maximum absolute atomic E-state index is 12.3. The Balaban J connectivity index is 2.25. The molecule has 1 N–H and O–H groups in total. The molecule has 2 aromatic carbocycles. The molecule has 0 radical (unpaired) electrons. The van der Waals surface area contributed by atoms with E-state index in [1.165, 1.54) is 0 Å². The van der Waals surface area contributed by atoms with Crippen molar-refractivity contribution < 1.29 is 4.79 Å². The number of amides is 1. The third kappa shape index (κ3) is 3.24. The van der Waals surface area contributed by atoms with Gasteiger partial charge in [0.1, 0.15) is 0 Å². The van der Waals surface area contributed by atoms with Crippen LogP contribution in [0.3, 0.4) is 0 Å². The summed E-state index contributed by atoms with van der Waals surface area (Å²) in [6.45, 7) is 5.94. The zero-order chi connectivity index (χ0) is 14.0. The van der Waals surface area contributed by atoms with E-state index in [-0.39, 0.29) is 5.91 Å². The van der Waals surface area contributed by atoms with Gasteiger partial charge in [0, 0.05) is 15.7 Å². The molecule has 0 aromatic heterocycles. The minimum absolute atomic E-state index is 0.0723. The number of nitrogens with one attached hydrogen (secondary N) is 1. The third-order valence-electron chi connectivity index (χ3n) is 3.07. The maximum atomic E-state index is 12.3. The number of anilines is 1. The molecular formula is C16H16BrNO. The second-order valence-electron chi connectivity index (χ2n) is 4.74. The highest BCUT2D eigenvalue weighted by atomic mass is 79.9. The van der Waals surface area contributed by atoms with Gasteiger partial charge in [-0.15, -0.1) is 0 Å². The van der Waals surface area contributed by atoms with Crippen LogP contribution in [0, 0.1) is 20.8 Å². The van der Waals surface area contributed by atoms with Gasteiger partial charge in [0.05, 0.1) is 0 Å². The number of aryl methyl sites for hydroxylation is 3. The van der Waals surface area contributed by atoms with Gasteiger partial charge in [0.15, 0.2) is 0 Å². The van der Waals surface area contributed by atoms with Crippen LogP contribution < -0.4 is 5.32 Å². The first-order valence-electron chi connectivity index (χ1n) is 6.12. The van der Waals surface area contributed by atoms with Crippen molar-refractivity contribution in [2.45, 2.75) is 20.8 Å². The first-order chi connectivity index (χ1) is 8.97. The molecule has 2 nitrogen and oxygen atoms in total. The molecule has 0 atom stereocenters. The van der Waals surface area contributed by atoms with Gasteiger partial charge in [-0.3, -0.25) is 4.79 Å². The summed E-state index contributed by atoms with van der Waals surface area (Å²) in [5.74, 6) is -0.0723. The standard InChI is InChI=1S/C16H16BrNO/c1-10-4-5-11(2)14(8-10)16(19)18-13-7-6-12(3)15(17)9-13/h4-9H,1-3H3,(H,18,19). The summed E-state index contributed by atoms with van der Waals surface area (Å²) in [7, 11) is 0. The Morgan fingerprint density at radius 1 is 1.00 bits per heavy atom. The van der Waals surface area contributed by atoms with Crippen LogP contribution in [0.4, 0.5) is 5.69 Å². The maximum Gasteiger partial charge on any atom is 0.255 e. The zero-order valence-corrected chi connectivity index (χ0v) is 12.8. The molecule has 0 fully saturated rings. The van der Waals surface area contributed by atoms with Crippen molar-refractivity contribution in [1.82, 2.24) is 0 Å². The lowest BCUT2D eigenvalue weighted by atomic mass is 10.0. The Kier molecular flexibility index (Phi) is 4.05. The summed E-state index contributed by atoms with van der Waals surface area (Å²) in [4.78, 5) is 12.3. The van der Waals surface area contributed by atoms with Crippen molar-refractivity contribution >= 4 is 27.5 Å². The summed E-state index contributed by atoms with van der Waals surface area (Å²) in [6, 6.07) is 11.7. The van der Waals surface area contributed by atoms with Gasteiger partial charge in [-0.2, -0.15) is 0 Å². The fourth-order valence-electron chi connectivity index (χ4n) is 1.85. The number of hydrogen-bond donors (Lipinski definition) is 1. The van der Waals surface area contributed by atoms with Gasteiger partial charge in [0.2, 0.25) is 0 Å². The average Bonchev–Trinajstić information content (AvgIpc) is 2.36. The van der Waals surface area contributed by atoms with Crippen molar-refractivity contribution in [3.8, 4) is 0 Å². The number of hydrogen-bond acceptors (Lipinski definition) is 1. The van der Waals surface area contributed by atoms with Gasteiger partial charge in [-0.25, -0.2) is 0 Å². The predicted octanol–water partition coefficient (Wildman–Crippen LogP) is 4.63. The SMILES string of the molecule is Cc1ccc(C)c(C(=O)Nc2ccc(C)c(Br)c2)c1. The number of carbonyl (C=O) groups is 1. The number of halogens is 1. The van der Waals surface area contributed by atoms with Crippen molar-refractivity contribution in [3.63, 3.8) is 0 Å². The monoisotopic (exact) mass is 317 g/mol. The van der Waals surface area contributed by atoms with Crippen LogP contribution in [0.1, 0.15) is 27.0 Å². The van der Waals surface area contributed by atoms with Gasteiger partial charge < -0.3 is 5.32 Å². The Morgan fingerprint density at radius 3 is 2.37 bits per heavy atom. The average molecular weight is 318 g/mol. The van der Waals surface area contributed by atoms with Crippen LogP contribution in [0.2, 0.25) is 0 Å². The van der Waals surface area contributed by atoms with Crippen molar-refractivity contribution in [3.05, 3.63) is 63.1 Å². The van der Waals surface area contributed by atoms with Crippen molar-refractivity contribution in [1.29, 1.82) is 0 Å². The third-order valence-corrected chi connectivity index (χ3v) is 3.92. The molecule has 2 rings (SSSR count). The Morgan fingerprint density at radius 2 is 1.68 bits per heavy atom. The molecule has 3 heteroatoms. The van der Waals surface area contributed by atoms with E-state index in [1.54, 1.807) is 0 Å². The van der Waals surface area contributed by atoms with Crippen LogP contribution in [0.25, 0.3) is 0 Å². The first kappa shape index (κ1) is 13.8. The number of rotatable bonds is 2. The van der Waals surface area contributed by atoms with Crippen molar-refractivity contribution in [2.24, 2.45) is 0 Å². The van der Waals surface area contributed by atoms with Crippen LogP contribution >= 0.6 is 15.9 Å². The molecule has 0 spiro atoms. The molecule has 0 saturated heterocycles. The van der Waals surface area contributed by atoms with Gasteiger partial charge in [-0.1, -0.05) is 39.7 Å². The first-order valence-corrected chi connectivity index (χ1v) is 6.91. The highest BCUT2D eigenvalue weighted by Crippen LogP contribution is 2.21. The van der Waals surface area contributed by atoms with Gasteiger partial charge >= 0.3 is 0 Å². The summed E-state index contributed by atoms with van der Waals surface area (Å²) in [5, 5.41) is 2.93. The Hall–Kier alpha value is -1.61. The molecular weight excluding hydrogens is 302 g/mol. The number of benzene rings is 2. The number of carbonyl (C=O) groups excluding carboxylic acids is 1. The second kappa shape index (κ2) is 5.57. The fraction of sp³-hybridized carbons (Fsp3) is 0.188. The minimum Gasteiger partial charge on any atom is -0.322 e. The Bertz CT molecular complexity index is 635. The Labute approximate surface area is 122 Å². The minimum atomic E-state index is -0.0723. The molecule has 1 amide bonds. The van der Waals surface area contributed by atoms with Gasteiger partial charge in [-0.05, 0) is 50.1 Å². The van der Waals surface area contributed by atoms with Crippen molar-refractivity contribution in [2.75, 3.05) is 5.32 Å². The van der Waals surface area contributed by atoms with E-state index in [9.17, 15) is 4.79 Å². The normalized spacial score (nSPS) is 10.3. The highest BCUT2D eigenvalue weighted by Gasteiger charge is 2.10. The zero-order valence-electron chi connectivity index (χ0n) is 11.3. The van der Waals surface area contributed by atoms with E-state index in [1.807, 2.05) is 57.2 Å². The van der Waals surface area contributed by atoms with E-state index < -0.39 is 0 Å². The van der Waals surface area contributed by atoms with Gasteiger partial charge in [0.25, 0.3) is 5.91 Å². The largest absolute Gasteiger partial charge is 0.322 e. The molecule has 0 unspecified atom stereocenters. The predicted molar refractivity (Wildman–Crippen MR) is 82.7 cm³/mol. The van der Waals surface area contributed by atoms with E-state index in [0.717, 1.165) is 32.4 Å². The molecule has 0 aliphatic rings. The molecule has 2 aromatic rings. The van der Waals surface area contributed by atoms with Crippen LogP contribution in [0.15, 0.2) is 40.9 Å². The molecule has 0 heterocycles. The quantitative estimate of drug-likeness (QED) is 0.859. The molecule has 0 saturated carbocycles.